The second-order valence-corrected chi connectivity index (χ2v) is 4.27. The van der Waals surface area contributed by atoms with E-state index in [0.717, 1.165) is 0 Å². The van der Waals surface area contributed by atoms with Crippen LogP contribution in [0.15, 0.2) is 24.3 Å². The summed E-state index contributed by atoms with van der Waals surface area (Å²) in [4.78, 5) is 3.86. The van der Waals surface area contributed by atoms with Gasteiger partial charge in [-0.15, -0.1) is 0 Å². The zero-order valence-electron chi connectivity index (χ0n) is 10.9. The first kappa shape index (κ1) is 24.5. The number of hydrogen-bond donors (Lipinski definition) is 6. The van der Waals surface area contributed by atoms with Crippen LogP contribution in [0.4, 0.5) is 0 Å². The number of rotatable bonds is 1. The van der Waals surface area contributed by atoms with E-state index >= 15 is 0 Å². The van der Waals surface area contributed by atoms with E-state index < -0.39 is 20.8 Å². The second-order valence-electron chi connectivity index (χ2n) is 2.48. The number of hydrogen-bond acceptors (Lipinski definition) is 7. The van der Waals surface area contributed by atoms with Gasteiger partial charge in [-0.1, -0.05) is 0 Å². The largest absolute Gasteiger partial charge is 1.00 e. The molecule has 0 bridgehead atoms. The third-order valence-electron chi connectivity index (χ3n) is 0.942. The molecule has 0 unspecified atom stereocenters. The van der Waals surface area contributed by atoms with Crippen LogP contribution in [0.2, 0.25) is 0 Å². The molecule has 0 fully saturated rings. The maximum atomic E-state index is 8.74. The Kier molecular flexibility index (Phi) is 13.7. The molecular weight excluding hydrogens is 335 g/mol. The summed E-state index contributed by atoms with van der Waals surface area (Å²) in [5.41, 5.74) is 0. The molecule has 11 nitrogen and oxygen atoms in total. The molecule has 0 amide bonds. The fraction of sp³-hybridized carbons (Fsp3) is 0. The Balaban J connectivity index is -0.000000106. The summed E-state index contributed by atoms with van der Waals surface area (Å²) < 4.78 is 63.2. The Morgan fingerprint density at radius 2 is 1.10 bits per heavy atom. The summed E-state index contributed by atoms with van der Waals surface area (Å²) in [6.07, 6.45) is 0. The number of benzene rings is 1. The van der Waals surface area contributed by atoms with Gasteiger partial charge in [0.1, 0.15) is 5.75 Å². The average Bonchev–Trinajstić information content (AvgIpc) is 2.13. The minimum absolute atomic E-state index is 0. The molecule has 14 heteroatoms. The topological polar surface area (TPSA) is 199 Å². The van der Waals surface area contributed by atoms with Crippen LogP contribution in [0.1, 0.15) is 1.43 Å². The Hall–Kier alpha value is -0.480. The van der Waals surface area contributed by atoms with Crippen molar-refractivity contribution in [3.63, 3.8) is 0 Å². The first-order valence-corrected chi connectivity index (χ1v) is 6.62. The molecule has 0 aliphatic rings. The van der Waals surface area contributed by atoms with Crippen LogP contribution in [0, 0.1) is 0 Å². The van der Waals surface area contributed by atoms with Gasteiger partial charge < -0.3 is 11.4 Å². The van der Waals surface area contributed by atoms with E-state index in [2.05, 4.69) is 4.89 Å². The van der Waals surface area contributed by atoms with Gasteiger partial charge in [-0.05, 0) is 24.3 Å². The predicted octanol–water partition coefficient (Wildman–Crippen LogP) is -2.95. The van der Waals surface area contributed by atoms with E-state index in [4.69, 9.17) is 45.4 Å². The average molecular weight is 346 g/mol. The molecule has 0 aromatic heterocycles. The van der Waals surface area contributed by atoms with Crippen molar-refractivity contribution in [1.29, 1.82) is 0 Å². The summed E-state index contributed by atoms with van der Waals surface area (Å²) in [6.45, 7) is 0. The minimum atomic E-state index is -4.67. The molecule has 6 N–H and O–H groups in total. The fourth-order valence-corrected chi connectivity index (χ4v) is 0.507. The molecular formula is C6H11NaO11S2. The molecule has 1 aromatic rings. The third kappa shape index (κ3) is 36.0. The molecule has 0 saturated carbocycles. The molecule has 0 saturated heterocycles. The van der Waals surface area contributed by atoms with Gasteiger partial charge in [-0.2, -0.15) is 16.8 Å². The van der Waals surface area contributed by atoms with Gasteiger partial charge in [0.2, 0.25) is 0 Å². The van der Waals surface area contributed by atoms with Gasteiger partial charge in [-0.25, -0.2) is 5.26 Å². The van der Waals surface area contributed by atoms with Crippen molar-refractivity contribution in [3.05, 3.63) is 24.3 Å². The van der Waals surface area contributed by atoms with Crippen molar-refractivity contribution < 1.29 is 81.3 Å². The fourth-order valence-electron chi connectivity index (χ4n) is 0.507. The molecule has 1 aromatic carbocycles. The maximum Gasteiger partial charge on any atom is 1.00 e. The number of phenolic OH excluding ortho intramolecular Hbond substituents is 1. The van der Waals surface area contributed by atoms with Crippen molar-refractivity contribution in [2.75, 3.05) is 0 Å². The molecule has 0 aliphatic carbocycles. The van der Waals surface area contributed by atoms with Gasteiger partial charge in [0.05, 0.1) is 0 Å². The van der Waals surface area contributed by atoms with Crippen molar-refractivity contribution in [3.8, 4) is 11.5 Å². The van der Waals surface area contributed by atoms with E-state index in [1.54, 1.807) is 0 Å². The Labute approximate surface area is 137 Å². The van der Waals surface area contributed by atoms with Crippen LogP contribution in [-0.4, -0.2) is 45.4 Å². The normalized spacial score (nSPS) is 9.85. The van der Waals surface area contributed by atoms with Crippen LogP contribution in [-0.2, 0) is 20.8 Å². The molecule has 114 valence electrons. The first-order chi connectivity index (χ1) is 8.33. The smallest absolute Gasteiger partial charge is 1.00 e. The van der Waals surface area contributed by atoms with Crippen LogP contribution in [0.5, 0.6) is 11.5 Å². The molecule has 0 spiro atoms. The van der Waals surface area contributed by atoms with Crippen molar-refractivity contribution in [2.45, 2.75) is 0 Å². The van der Waals surface area contributed by atoms with Gasteiger partial charge in [0.15, 0.2) is 5.75 Å². The van der Waals surface area contributed by atoms with E-state index in [0.29, 0.717) is 5.75 Å². The van der Waals surface area contributed by atoms with Crippen molar-refractivity contribution in [1.82, 2.24) is 0 Å². The molecule has 0 aliphatic heterocycles. The van der Waals surface area contributed by atoms with Gasteiger partial charge in [0, 0.05) is 0 Å². The van der Waals surface area contributed by atoms with Gasteiger partial charge in [-0.3, -0.25) is 18.2 Å². The summed E-state index contributed by atoms with van der Waals surface area (Å²) in [5, 5.41) is 16.8. The Morgan fingerprint density at radius 1 is 0.850 bits per heavy atom. The minimum Gasteiger partial charge on any atom is -1.00 e. The van der Waals surface area contributed by atoms with E-state index in [-0.39, 0.29) is 36.7 Å². The summed E-state index contributed by atoms with van der Waals surface area (Å²) in [6, 6.07) is 5.75. The maximum absolute atomic E-state index is 8.74. The molecule has 0 atom stereocenters. The first-order valence-electron chi connectivity index (χ1n) is 3.83. The summed E-state index contributed by atoms with van der Waals surface area (Å²) in [7, 11) is -9.33. The zero-order chi connectivity index (χ0) is 15.7. The third-order valence-corrected chi connectivity index (χ3v) is 0.942. The van der Waals surface area contributed by atoms with E-state index in [9.17, 15) is 0 Å². The summed E-state index contributed by atoms with van der Waals surface area (Å²) >= 11 is 0. The predicted molar refractivity (Wildman–Crippen MR) is 60.8 cm³/mol. The Morgan fingerprint density at radius 3 is 1.30 bits per heavy atom. The Bertz CT molecular complexity index is 509. The van der Waals surface area contributed by atoms with Crippen molar-refractivity contribution in [2.24, 2.45) is 0 Å². The van der Waals surface area contributed by atoms with Gasteiger partial charge in [0.25, 0.3) is 0 Å². The monoisotopic (exact) mass is 346 g/mol. The van der Waals surface area contributed by atoms with Crippen molar-refractivity contribution >= 4 is 20.8 Å². The molecule has 1 rings (SSSR count). The number of aromatic hydroxyl groups is 1. The van der Waals surface area contributed by atoms with Crippen LogP contribution < -0.4 is 34.4 Å². The molecule has 0 heterocycles. The second kappa shape index (κ2) is 11.2. The molecule has 0 radical (unpaired) electrons. The van der Waals surface area contributed by atoms with E-state index in [1.807, 2.05) is 0 Å². The molecule has 20 heavy (non-hydrogen) atoms. The summed E-state index contributed by atoms with van der Waals surface area (Å²) in [5.74, 6) is 0.462. The van der Waals surface area contributed by atoms with Crippen LogP contribution in [0.3, 0.4) is 0 Å². The SMILES string of the molecule is O=S(=O)(O)O.O=S(=O)(O)O.OOc1ccc(O)cc1.[H-].[Na+]. The number of phenols is 1. The standard InChI is InChI=1S/C6H6O3.Na.2H2O4S.H/c7-5-1-3-6(9-8)4-2-5;;2*1-5(2,3)4;/h1-4,7-8H;;2*(H2,1,2,3,4);/q;+1;;;-1. The van der Waals surface area contributed by atoms with Crippen LogP contribution in [0.25, 0.3) is 0 Å². The quantitative estimate of drug-likeness (QED) is 0.131. The zero-order valence-corrected chi connectivity index (χ0v) is 13.5. The van der Waals surface area contributed by atoms with Crippen LogP contribution >= 0.6 is 0 Å². The van der Waals surface area contributed by atoms with E-state index in [1.165, 1.54) is 24.3 Å². The van der Waals surface area contributed by atoms with Gasteiger partial charge >= 0.3 is 50.4 Å².